The first-order valence-electron chi connectivity index (χ1n) is 8.88. The van der Waals surface area contributed by atoms with Crippen molar-refractivity contribution in [1.82, 2.24) is 4.72 Å². The third-order valence-corrected chi connectivity index (χ3v) is 6.29. The number of anilines is 1. The molecule has 1 heterocycles. The van der Waals surface area contributed by atoms with Crippen LogP contribution in [-0.4, -0.2) is 35.7 Å². The minimum atomic E-state index is -3.61. The highest BCUT2D eigenvalue weighted by atomic mass is 32.2. The molecule has 0 bridgehead atoms. The van der Waals surface area contributed by atoms with Crippen molar-refractivity contribution in [2.24, 2.45) is 0 Å². The average Bonchev–Trinajstić information content (AvgIpc) is 2.61. The van der Waals surface area contributed by atoms with Crippen LogP contribution in [0.15, 0.2) is 41.3 Å². The Morgan fingerprint density at radius 1 is 1.19 bits per heavy atom. The Labute approximate surface area is 156 Å². The number of methoxy groups -OCH3 is 1. The van der Waals surface area contributed by atoms with E-state index in [0.717, 1.165) is 30.5 Å². The lowest BCUT2D eigenvalue weighted by Crippen LogP contribution is -2.27. The Kier molecular flexibility index (Phi) is 5.53. The van der Waals surface area contributed by atoms with Gasteiger partial charge in [-0.05, 0) is 61.1 Å². The van der Waals surface area contributed by atoms with Crippen molar-refractivity contribution in [3.63, 3.8) is 0 Å². The van der Waals surface area contributed by atoms with Crippen molar-refractivity contribution in [2.75, 3.05) is 32.1 Å². The van der Waals surface area contributed by atoms with Crippen molar-refractivity contribution in [1.29, 1.82) is 0 Å². The number of hydrogen-bond donors (Lipinski definition) is 1. The second-order valence-electron chi connectivity index (χ2n) is 6.79. The van der Waals surface area contributed by atoms with Gasteiger partial charge in [0.15, 0.2) is 0 Å². The lowest BCUT2D eigenvalue weighted by atomic mass is 9.98. The fraction of sp³-hybridized carbons (Fsp3) is 0.400. The largest absolute Gasteiger partial charge is 0.495 e. The van der Waals surface area contributed by atoms with Gasteiger partial charge in [-0.15, -0.1) is 0 Å². The molecule has 1 aliphatic heterocycles. The lowest BCUT2D eigenvalue weighted by molar-refractivity contribution is 0.402. The smallest absolute Gasteiger partial charge is 0.244 e. The molecular weight excluding hydrogens is 348 g/mol. The van der Waals surface area contributed by atoms with Gasteiger partial charge < -0.3 is 9.64 Å². The van der Waals surface area contributed by atoms with Gasteiger partial charge in [0.25, 0.3) is 0 Å². The van der Waals surface area contributed by atoms with Crippen LogP contribution in [-0.2, 0) is 22.9 Å². The maximum Gasteiger partial charge on any atom is 0.244 e. The third-order valence-electron chi connectivity index (χ3n) is 4.81. The lowest BCUT2D eigenvalue weighted by Gasteiger charge is -2.27. The van der Waals surface area contributed by atoms with Crippen LogP contribution in [0.4, 0.5) is 5.69 Å². The van der Waals surface area contributed by atoms with Gasteiger partial charge in [0.1, 0.15) is 10.6 Å². The summed E-state index contributed by atoms with van der Waals surface area (Å²) in [7, 11) is -0.0129. The van der Waals surface area contributed by atoms with Crippen LogP contribution in [0.2, 0.25) is 0 Å². The van der Waals surface area contributed by atoms with E-state index in [2.05, 4.69) is 34.9 Å². The molecule has 6 heteroatoms. The first-order chi connectivity index (χ1) is 12.4. The number of hydrogen-bond acceptors (Lipinski definition) is 4. The quantitative estimate of drug-likeness (QED) is 0.845. The normalized spacial score (nSPS) is 14.2. The number of nitrogens with one attached hydrogen (secondary N) is 1. The van der Waals surface area contributed by atoms with E-state index < -0.39 is 10.0 Å². The molecule has 1 aliphatic rings. The van der Waals surface area contributed by atoms with Crippen molar-refractivity contribution >= 4 is 15.7 Å². The summed E-state index contributed by atoms with van der Waals surface area (Å²) in [4.78, 5) is 2.46. The van der Waals surface area contributed by atoms with Gasteiger partial charge in [-0.3, -0.25) is 0 Å². The van der Waals surface area contributed by atoms with Crippen molar-refractivity contribution in [3.05, 3.63) is 53.1 Å². The number of ether oxygens (including phenoxy) is 1. The Morgan fingerprint density at radius 3 is 2.77 bits per heavy atom. The van der Waals surface area contributed by atoms with Gasteiger partial charge >= 0.3 is 0 Å². The molecule has 0 unspecified atom stereocenters. The van der Waals surface area contributed by atoms with Gasteiger partial charge in [-0.1, -0.05) is 18.2 Å². The molecule has 0 spiro atoms. The fourth-order valence-corrected chi connectivity index (χ4v) is 4.68. The molecule has 0 aromatic heterocycles. The number of rotatable bonds is 6. The van der Waals surface area contributed by atoms with Crippen molar-refractivity contribution in [2.45, 2.75) is 31.1 Å². The highest BCUT2D eigenvalue weighted by Crippen LogP contribution is 2.27. The molecule has 0 atom stereocenters. The molecule has 0 saturated carbocycles. The zero-order valence-electron chi connectivity index (χ0n) is 15.6. The highest BCUT2D eigenvalue weighted by Gasteiger charge is 2.19. The number of nitrogens with zero attached hydrogens (tertiary/aromatic N) is 1. The maximum atomic E-state index is 12.6. The molecule has 0 fully saturated rings. The molecule has 0 radical (unpaired) electrons. The Balaban J connectivity index is 1.69. The average molecular weight is 375 g/mol. The van der Waals surface area contributed by atoms with Crippen LogP contribution < -0.4 is 14.4 Å². The van der Waals surface area contributed by atoms with Crippen LogP contribution in [0.1, 0.15) is 23.1 Å². The summed E-state index contributed by atoms with van der Waals surface area (Å²) in [5, 5.41) is 0. The standard InChI is InChI=1S/C20H26N2O3S/c1-15-6-9-19(25-3)20(13-15)26(23,24)21-11-10-16-7-8-18-17(14-16)5-4-12-22(18)2/h6-9,13-14,21H,4-5,10-12H2,1-3H3. The summed E-state index contributed by atoms with van der Waals surface area (Å²) in [6.07, 6.45) is 2.90. The van der Waals surface area contributed by atoms with E-state index in [1.165, 1.54) is 18.4 Å². The first kappa shape index (κ1) is 18.7. The molecule has 2 aromatic rings. The van der Waals surface area contributed by atoms with E-state index in [1.54, 1.807) is 12.1 Å². The molecule has 2 aromatic carbocycles. The van der Waals surface area contributed by atoms with Gasteiger partial charge in [0, 0.05) is 25.8 Å². The fourth-order valence-electron chi connectivity index (χ4n) is 3.40. The zero-order valence-corrected chi connectivity index (χ0v) is 16.4. The zero-order chi connectivity index (χ0) is 18.7. The van der Waals surface area contributed by atoms with E-state index in [1.807, 2.05) is 13.0 Å². The maximum absolute atomic E-state index is 12.6. The summed E-state index contributed by atoms with van der Waals surface area (Å²) in [6.45, 7) is 3.31. The molecule has 1 N–H and O–H groups in total. The molecule has 26 heavy (non-hydrogen) atoms. The summed E-state index contributed by atoms with van der Waals surface area (Å²) in [5.74, 6) is 0.361. The number of sulfonamides is 1. The summed E-state index contributed by atoms with van der Waals surface area (Å²) >= 11 is 0. The summed E-state index contributed by atoms with van der Waals surface area (Å²) < 4.78 is 33.2. The molecule has 0 aliphatic carbocycles. The molecule has 5 nitrogen and oxygen atoms in total. The van der Waals surface area contributed by atoms with E-state index in [9.17, 15) is 8.42 Å². The number of benzene rings is 2. The predicted octanol–water partition coefficient (Wildman–Crippen LogP) is 2.91. The highest BCUT2D eigenvalue weighted by molar-refractivity contribution is 7.89. The molecule has 3 rings (SSSR count). The van der Waals surface area contributed by atoms with Crippen LogP contribution in [0.5, 0.6) is 5.75 Å². The predicted molar refractivity (Wildman–Crippen MR) is 105 cm³/mol. The van der Waals surface area contributed by atoms with Gasteiger partial charge in [0.05, 0.1) is 7.11 Å². The van der Waals surface area contributed by atoms with Crippen molar-refractivity contribution < 1.29 is 13.2 Å². The second-order valence-corrected chi connectivity index (χ2v) is 8.53. The van der Waals surface area contributed by atoms with Crippen molar-refractivity contribution in [3.8, 4) is 5.75 Å². The minimum absolute atomic E-state index is 0.187. The SMILES string of the molecule is COc1ccc(C)cc1S(=O)(=O)NCCc1ccc2c(c1)CCCN2C. The molecule has 0 amide bonds. The van der Waals surface area contributed by atoms with Crippen LogP contribution in [0.3, 0.4) is 0 Å². The monoisotopic (exact) mass is 374 g/mol. The van der Waals surface area contributed by atoms with Gasteiger partial charge in [-0.25, -0.2) is 13.1 Å². The van der Waals surface area contributed by atoms with E-state index >= 15 is 0 Å². The van der Waals surface area contributed by atoms with E-state index in [4.69, 9.17) is 4.74 Å². The molecule has 140 valence electrons. The summed E-state index contributed by atoms with van der Waals surface area (Å²) in [6, 6.07) is 11.6. The van der Waals surface area contributed by atoms with Gasteiger partial charge in [-0.2, -0.15) is 0 Å². The number of fused-ring (bicyclic) bond motifs is 1. The van der Waals surface area contributed by atoms with E-state index in [0.29, 0.717) is 18.7 Å². The second kappa shape index (κ2) is 7.68. The molecular formula is C20H26N2O3S. The third kappa shape index (κ3) is 4.02. The van der Waals surface area contributed by atoms with Crippen LogP contribution in [0, 0.1) is 6.92 Å². The topological polar surface area (TPSA) is 58.6 Å². The van der Waals surface area contributed by atoms with Crippen LogP contribution >= 0.6 is 0 Å². The van der Waals surface area contributed by atoms with E-state index in [-0.39, 0.29) is 4.90 Å². The minimum Gasteiger partial charge on any atom is -0.495 e. The van der Waals surface area contributed by atoms with Crippen LogP contribution in [0.25, 0.3) is 0 Å². The summed E-state index contributed by atoms with van der Waals surface area (Å²) in [5.41, 5.74) is 4.66. The first-order valence-corrected chi connectivity index (χ1v) is 10.4. The Bertz CT molecular complexity index is 894. The Morgan fingerprint density at radius 2 is 2.00 bits per heavy atom. The Hall–Kier alpha value is -2.05. The molecule has 0 saturated heterocycles. The number of aryl methyl sites for hydroxylation is 2. The van der Waals surface area contributed by atoms with Gasteiger partial charge in [0.2, 0.25) is 10.0 Å².